The Bertz CT molecular complexity index is 479. The van der Waals surface area contributed by atoms with Crippen LogP contribution in [0.4, 0.5) is 0 Å². The van der Waals surface area contributed by atoms with Crippen LogP contribution in [0.15, 0.2) is 28.9 Å². The summed E-state index contributed by atoms with van der Waals surface area (Å²) in [5.74, 6) is 0. The van der Waals surface area contributed by atoms with Crippen LogP contribution in [0.25, 0.3) is 10.6 Å². The van der Waals surface area contributed by atoms with Gasteiger partial charge in [0.15, 0.2) is 0 Å². The van der Waals surface area contributed by atoms with Crippen LogP contribution in [0, 0.1) is 6.92 Å². The molecule has 0 aliphatic heterocycles. The summed E-state index contributed by atoms with van der Waals surface area (Å²) in [5, 5.41) is 1.03. The molecule has 0 amide bonds. The van der Waals surface area contributed by atoms with Crippen molar-refractivity contribution in [3.63, 3.8) is 0 Å². The van der Waals surface area contributed by atoms with Gasteiger partial charge in [-0.2, -0.15) is 0 Å². The van der Waals surface area contributed by atoms with Crippen LogP contribution in [0.5, 0.6) is 0 Å². The van der Waals surface area contributed by atoms with Gasteiger partial charge in [-0.25, -0.2) is 4.98 Å². The average molecular weight is 283 g/mol. The van der Waals surface area contributed by atoms with Crippen LogP contribution in [-0.4, -0.2) is 4.98 Å². The number of aryl methyl sites for hydroxylation is 1. The molecule has 0 atom stereocenters. The lowest BCUT2D eigenvalue weighted by molar-refractivity contribution is 1.10. The van der Waals surface area contributed by atoms with Crippen molar-refractivity contribution >= 4 is 27.3 Å². The van der Waals surface area contributed by atoms with E-state index in [9.17, 15) is 0 Å². The van der Waals surface area contributed by atoms with Gasteiger partial charge >= 0.3 is 0 Å². The molecule has 15 heavy (non-hydrogen) atoms. The molecule has 78 valence electrons. The molecule has 1 aromatic carbocycles. The third-order valence-corrected chi connectivity index (χ3v) is 4.12. The van der Waals surface area contributed by atoms with Crippen molar-refractivity contribution in [2.75, 3.05) is 0 Å². The van der Waals surface area contributed by atoms with Crippen LogP contribution in [-0.2, 0) is 6.54 Å². The highest BCUT2D eigenvalue weighted by Gasteiger charge is 2.04. The molecule has 0 spiro atoms. The second-order valence-corrected chi connectivity index (χ2v) is 5.27. The molecule has 0 aliphatic carbocycles. The van der Waals surface area contributed by atoms with Crippen molar-refractivity contribution in [2.45, 2.75) is 13.5 Å². The number of hydrogen-bond donors (Lipinski definition) is 1. The molecule has 1 heterocycles. The van der Waals surface area contributed by atoms with Crippen molar-refractivity contribution < 1.29 is 0 Å². The quantitative estimate of drug-likeness (QED) is 0.918. The number of nitrogens with zero attached hydrogens (tertiary/aromatic N) is 1. The first-order chi connectivity index (χ1) is 7.20. The lowest BCUT2D eigenvalue weighted by atomic mass is 10.1. The highest BCUT2D eigenvalue weighted by atomic mass is 79.9. The zero-order valence-electron chi connectivity index (χ0n) is 8.33. The molecular weight excluding hydrogens is 272 g/mol. The number of thiazole rings is 1. The van der Waals surface area contributed by atoms with Crippen molar-refractivity contribution in [1.82, 2.24) is 4.98 Å². The Hall–Kier alpha value is -0.710. The first-order valence-corrected chi connectivity index (χ1v) is 6.23. The summed E-state index contributed by atoms with van der Waals surface area (Å²) in [6.45, 7) is 2.64. The fraction of sp³-hybridized carbons (Fsp3) is 0.182. The standard InChI is InChI=1S/C11H11BrN2S/c1-7-4-8(2-3-10(7)12)11-14-6-9(5-13)15-11/h2-4,6H,5,13H2,1H3. The van der Waals surface area contributed by atoms with Gasteiger partial charge in [-0.3, -0.25) is 0 Å². The minimum Gasteiger partial charge on any atom is -0.326 e. The summed E-state index contributed by atoms with van der Waals surface area (Å²) in [6, 6.07) is 6.24. The number of nitrogens with two attached hydrogens (primary N) is 1. The van der Waals surface area contributed by atoms with E-state index in [0.29, 0.717) is 6.54 Å². The van der Waals surface area contributed by atoms with Gasteiger partial charge in [0.1, 0.15) is 5.01 Å². The zero-order chi connectivity index (χ0) is 10.8. The highest BCUT2D eigenvalue weighted by Crippen LogP contribution is 2.28. The van der Waals surface area contributed by atoms with Crippen molar-refractivity contribution in [2.24, 2.45) is 5.73 Å². The number of halogens is 1. The molecule has 0 fully saturated rings. The fourth-order valence-electron chi connectivity index (χ4n) is 1.31. The van der Waals surface area contributed by atoms with Crippen molar-refractivity contribution in [1.29, 1.82) is 0 Å². The fourth-order valence-corrected chi connectivity index (χ4v) is 2.35. The van der Waals surface area contributed by atoms with Crippen LogP contribution in [0.3, 0.4) is 0 Å². The number of aromatic nitrogens is 1. The lowest BCUT2D eigenvalue weighted by Gasteiger charge is -2.00. The van der Waals surface area contributed by atoms with E-state index >= 15 is 0 Å². The minimum absolute atomic E-state index is 0.563. The molecule has 2 rings (SSSR count). The predicted molar refractivity (Wildman–Crippen MR) is 67.9 cm³/mol. The van der Waals surface area contributed by atoms with E-state index in [0.717, 1.165) is 19.9 Å². The van der Waals surface area contributed by atoms with E-state index in [1.54, 1.807) is 11.3 Å². The molecule has 2 N–H and O–H groups in total. The molecule has 0 radical (unpaired) electrons. The van der Waals surface area contributed by atoms with Gasteiger partial charge in [-0.1, -0.05) is 22.0 Å². The maximum atomic E-state index is 5.56. The molecule has 4 heteroatoms. The normalized spacial score (nSPS) is 10.6. The van der Waals surface area contributed by atoms with Gasteiger partial charge in [0, 0.05) is 27.7 Å². The average Bonchev–Trinajstić information content (AvgIpc) is 2.70. The summed E-state index contributed by atoms with van der Waals surface area (Å²) in [5.41, 5.74) is 7.93. The summed E-state index contributed by atoms with van der Waals surface area (Å²) in [7, 11) is 0. The summed E-state index contributed by atoms with van der Waals surface area (Å²) >= 11 is 5.13. The summed E-state index contributed by atoms with van der Waals surface area (Å²) in [6.07, 6.45) is 1.84. The van der Waals surface area contributed by atoms with Gasteiger partial charge in [-0.15, -0.1) is 11.3 Å². The third kappa shape index (κ3) is 2.27. The molecule has 0 saturated carbocycles. The SMILES string of the molecule is Cc1cc(-c2ncc(CN)s2)ccc1Br. The number of benzene rings is 1. The van der Waals surface area contributed by atoms with Gasteiger partial charge in [0.05, 0.1) is 0 Å². The van der Waals surface area contributed by atoms with E-state index in [2.05, 4.69) is 40.0 Å². The van der Waals surface area contributed by atoms with Gasteiger partial charge in [-0.05, 0) is 24.6 Å². The molecule has 2 nitrogen and oxygen atoms in total. The predicted octanol–water partition coefficient (Wildman–Crippen LogP) is 3.34. The molecule has 0 aliphatic rings. The summed E-state index contributed by atoms with van der Waals surface area (Å²) < 4.78 is 1.13. The Kier molecular flexibility index (Phi) is 3.19. The van der Waals surface area contributed by atoms with E-state index in [1.165, 1.54) is 5.56 Å². The monoisotopic (exact) mass is 282 g/mol. The van der Waals surface area contributed by atoms with Gasteiger partial charge < -0.3 is 5.73 Å². The Morgan fingerprint density at radius 2 is 2.27 bits per heavy atom. The maximum Gasteiger partial charge on any atom is 0.123 e. The maximum absolute atomic E-state index is 5.56. The lowest BCUT2D eigenvalue weighted by Crippen LogP contribution is -1.91. The second-order valence-electron chi connectivity index (χ2n) is 3.30. The first-order valence-electron chi connectivity index (χ1n) is 4.62. The smallest absolute Gasteiger partial charge is 0.123 e. The van der Waals surface area contributed by atoms with Crippen LogP contribution >= 0.6 is 27.3 Å². The van der Waals surface area contributed by atoms with E-state index in [-0.39, 0.29) is 0 Å². The van der Waals surface area contributed by atoms with E-state index < -0.39 is 0 Å². The molecule has 0 saturated heterocycles. The Balaban J connectivity index is 2.40. The Morgan fingerprint density at radius 1 is 1.47 bits per heavy atom. The molecule has 0 bridgehead atoms. The van der Waals surface area contributed by atoms with Crippen LogP contribution in [0.1, 0.15) is 10.4 Å². The summed E-state index contributed by atoms with van der Waals surface area (Å²) in [4.78, 5) is 5.47. The van der Waals surface area contributed by atoms with E-state index in [4.69, 9.17) is 5.73 Å². The minimum atomic E-state index is 0.563. The number of hydrogen-bond acceptors (Lipinski definition) is 3. The number of rotatable bonds is 2. The highest BCUT2D eigenvalue weighted by molar-refractivity contribution is 9.10. The van der Waals surface area contributed by atoms with Gasteiger partial charge in [0.25, 0.3) is 0 Å². The molecule has 0 unspecified atom stereocenters. The molecular formula is C11H11BrN2S. The Morgan fingerprint density at radius 3 is 2.87 bits per heavy atom. The molecule has 2 aromatic rings. The van der Waals surface area contributed by atoms with Crippen molar-refractivity contribution in [3.05, 3.63) is 39.3 Å². The largest absolute Gasteiger partial charge is 0.326 e. The van der Waals surface area contributed by atoms with Crippen LogP contribution < -0.4 is 5.73 Å². The second kappa shape index (κ2) is 4.43. The van der Waals surface area contributed by atoms with Crippen LogP contribution in [0.2, 0.25) is 0 Å². The first kappa shape index (κ1) is 10.8. The Labute approximate surface area is 101 Å². The zero-order valence-corrected chi connectivity index (χ0v) is 10.7. The van der Waals surface area contributed by atoms with E-state index in [1.807, 2.05) is 12.3 Å². The molecule has 1 aromatic heterocycles. The third-order valence-electron chi connectivity index (χ3n) is 2.16. The topological polar surface area (TPSA) is 38.9 Å². The van der Waals surface area contributed by atoms with Crippen molar-refractivity contribution in [3.8, 4) is 10.6 Å². The van der Waals surface area contributed by atoms with Gasteiger partial charge in [0.2, 0.25) is 0 Å².